The van der Waals surface area contributed by atoms with Crippen molar-refractivity contribution in [3.63, 3.8) is 0 Å². The molecule has 0 unspecified atom stereocenters. The predicted octanol–water partition coefficient (Wildman–Crippen LogP) is 4.58. The molecule has 1 fully saturated rings. The number of benzene rings is 3. The van der Waals surface area contributed by atoms with E-state index in [1.54, 1.807) is 23.1 Å². The fourth-order valence-corrected chi connectivity index (χ4v) is 6.71. The largest absolute Gasteiger partial charge is 0.454 e. The van der Waals surface area contributed by atoms with Gasteiger partial charge in [0.15, 0.2) is 11.5 Å². The SMILES string of the molecule is CCS(=O)(=O)N(CC(=O)N(Cc1ccccc1C)[C@H](Cc1ccccc1)C(=O)NC1CCCC1)c1ccc2c(c1)OCO2. The highest BCUT2D eigenvalue weighted by Crippen LogP contribution is 2.36. The second-order valence-corrected chi connectivity index (χ2v) is 13.3. The van der Waals surface area contributed by atoms with Gasteiger partial charge in [0.05, 0.1) is 11.4 Å². The van der Waals surface area contributed by atoms with Crippen LogP contribution in [0, 0.1) is 6.92 Å². The molecule has 1 aliphatic heterocycles. The summed E-state index contributed by atoms with van der Waals surface area (Å²) in [5.41, 5.74) is 3.06. The molecule has 0 aromatic heterocycles. The second kappa shape index (κ2) is 13.5. The molecule has 2 amide bonds. The minimum absolute atomic E-state index is 0.0414. The van der Waals surface area contributed by atoms with Crippen molar-refractivity contribution in [1.29, 1.82) is 0 Å². The first-order valence-electron chi connectivity index (χ1n) is 14.8. The van der Waals surface area contributed by atoms with Crippen LogP contribution in [0.5, 0.6) is 11.5 Å². The highest BCUT2D eigenvalue weighted by atomic mass is 32.2. The van der Waals surface area contributed by atoms with E-state index in [0.29, 0.717) is 23.6 Å². The molecule has 1 aliphatic carbocycles. The highest BCUT2D eigenvalue weighted by molar-refractivity contribution is 7.92. The van der Waals surface area contributed by atoms with Crippen molar-refractivity contribution in [1.82, 2.24) is 10.2 Å². The summed E-state index contributed by atoms with van der Waals surface area (Å²) in [7, 11) is -3.87. The van der Waals surface area contributed by atoms with E-state index in [1.807, 2.05) is 61.5 Å². The Bertz CT molecular complexity index is 1540. The van der Waals surface area contributed by atoms with Crippen LogP contribution in [0.3, 0.4) is 0 Å². The number of rotatable bonds is 12. The number of carbonyl (C=O) groups is 2. The molecule has 228 valence electrons. The Morgan fingerprint density at radius 1 is 0.953 bits per heavy atom. The Balaban J connectivity index is 1.52. The van der Waals surface area contributed by atoms with Crippen LogP contribution in [0.2, 0.25) is 0 Å². The number of nitrogens with one attached hydrogen (secondary N) is 1. The normalized spacial score (nSPS) is 15.2. The van der Waals surface area contributed by atoms with E-state index in [4.69, 9.17) is 9.47 Å². The van der Waals surface area contributed by atoms with Gasteiger partial charge in [0.25, 0.3) is 0 Å². The summed E-state index contributed by atoms with van der Waals surface area (Å²) in [4.78, 5) is 29.9. The summed E-state index contributed by atoms with van der Waals surface area (Å²) in [6, 6.07) is 21.3. The highest BCUT2D eigenvalue weighted by Gasteiger charge is 2.35. The Hall–Kier alpha value is -4.05. The zero-order valence-corrected chi connectivity index (χ0v) is 25.5. The maximum Gasteiger partial charge on any atom is 0.244 e. The van der Waals surface area contributed by atoms with Crippen molar-refractivity contribution in [3.05, 3.63) is 89.5 Å². The number of amides is 2. The summed E-state index contributed by atoms with van der Waals surface area (Å²) in [6.45, 7) is 3.23. The summed E-state index contributed by atoms with van der Waals surface area (Å²) < 4.78 is 38.8. The van der Waals surface area contributed by atoms with Crippen molar-refractivity contribution >= 4 is 27.5 Å². The molecule has 0 saturated heterocycles. The number of carbonyl (C=O) groups excluding carboxylic acids is 2. The fraction of sp³-hybridized carbons (Fsp3) is 0.394. The van der Waals surface area contributed by atoms with Gasteiger partial charge in [-0.2, -0.15) is 0 Å². The molecule has 1 N–H and O–H groups in total. The third-order valence-electron chi connectivity index (χ3n) is 8.20. The zero-order chi connectivity index (χ0) is 30.4. The lowest BCUT2D eigenvalue weighted by atomic mass is 10.0. The zero-order valence-electron chi connectivity index (χ0n) is 24.7. The van der Waals surface area contributed by atoms with Crippen molar-refractivity contribution in [2.45, 2.75) is 64.6 Å². The lowest BCUT2D eigenvalue weighted by Crippen LogP contribution is -2.54. The minimum Gasteiger partial charge on any atom is -0.454 e. The maximum absolute atomic E-state index is 14.4. The number of hydrogen-bond donors (Lipinski definition) is 1. The number of sulfonamides is 1. The molecule has 0 spiro atoms. The number of nitrogens with zero attached hydrogens (tertiary/aromatic N) is 2. The van der Waals surface area contributed by atoms with Gasteiger partial charge < -0.3 is 19.7 Å². The molecule has 0 bridgehead atoms. The summed E-state index contributed by atoms with van der Waals surface area (Å²) in [6.07, 6.45) is 4.21. The van der Waals surface area contributed by atoms with Gasteiger partial charge in [-0.1, -0.05) is 67.4 Å². The predicted molar refractivity (Wildman–Crippen MR) is 165 cm³/mol. The smallest absolute Gasteiger partial charge is 0.244 e. The Labute approximate surface area is 253 Å². The molecule has 2 aliphatic rings. The monoisotopic (exact) mass is 605 g/mol. The molecule has 1 heterocycles. The van der Waals surface area contributed by atoms with Crippen molar-refractivity contribution < 1.29 is 27.5 Å². The van der Waals surface area contributed by atoms with Crippen LogP contribution in [0.15, 0.2) is 72.8 Å². The lowest BCUT2D eigenvalue weighted by Gasteiger charge is -2.34. The van der Waals surface area contributed by atoms with Crippen molar-refractivity contribution in [3.8, 4) is 11.5 Å². The van der Waals surface area contributed by atoms with Gasteiger partial charge in [0.2, 0.25) is 28.6 Å². The molecule has 1 atom stereocenters. The number of fused-ring (bicyclic) bond motifs is 1. The third-order valence-corrected chi connectivity index (χ3v) is 9.94. The molecule has 0 radical (unpaired) electrons. The van der Waals surface area contributed by atoms with Crippen molar-refractivity contribution in [2.75, 3.05) is 23.4 Å². The van der Waals surface area contributed by atoms with Crippen LogP contribution < -0.4 is 19.1 Å². The lowest BCUT2D eigenvalue weighted by molar-refractivity contribution is -0.140. The van der Waals surface area contributed by atoms with Crippen LogP contribution in [0.1, 0.15) is 49.3 Å². The molecular formula is C33H39N3O6S. The van der Waals surface area contributed by atoms with E-state index in [1.165, 1.54) is 6.92 Å². The quantitative estimate of drug-likeness (QED) is 0.324. The Morgan fingerprint density at radius 2 is 1.65 bits per heavy atom. The molecule has 3 aromatic rings. The molecule has 9 nitrogen and oxygen atoms in total. The molecule has 10 heteroatoms. The number of ether oxygens (including phenoxy) is 2. The van der Waals surface area contributed by atoms with Crippen molar-refractivity contribution in [2.24, 2.45) is 0 Å². The van der Waals surface area contributed by atoms with Gasteiger partial charge in [0, 0.05) is 25.1 Å². The number of anilines is 1. The van der Waals surface area contributed by atoms with E-state index in [2.05, 4.69) is 5.32 Å². The molecule has 5 rings (SSSR count). The first-order chi connectivity index (χ1) is 20.7. The van der Waals surface area contributed by atoms with Gasteiger partial charge in [0.1, 0.15) is 12.6 Å². The van der Waals surface area contributed by atoms with E-state index < -0.39 is 28.5 Å². The van der Waals surface area contributed by atoms with E-state index in [0.717, 1.165) is 46.7 Å². The van der Waals surface area contributed by atoms with Gasteiger partial charge >= 0.3 is 0 Å². The van der Waals surface area contributed by atoms with Crippen LogP contribution in [0.25, 0.3) is 0 Å². The van der Waals surface area contributed by atoms with E-state index in [-0.39, 0.29) is 31.0 Å². The Morgan fingerprint density at radius 3 is 2.37 bits per heavy atom. The fourth-order valence-electron chi connectivity index (χ4n) is 5.65. The van der Waals surface area contributed by atoms with Gasteiger partial charge in [-0.3, -0.25) is 13.9 Å². The van der Waals surface area contributed by atoms with Crippen LogP contribution >= 0.6 is 0 Å². The van der Waals surface area contributed by atoms with Gasteiger partial charge in [-0.05, 0) is 55.5 Å². The summed E-state index contributed by atoms with van der Waals surface area (Å²) in [5, 5.41) is 3.19. The first kappa shape index (κ1) is 30.4. The van der Waals surface area contributed by atoms with Crippen LogP contribution in [0.4, 0.5) is 5.69 Å². The maximum atomic E-state index is 14.4. The number of hydrogen-bond acceptors (Lipinski definition) is 6. The minimum atomic E-state index is -3.87. The van der Waals surface area contributed by atoms with Crippen LogP contribution in [-0.2, 0) is 32.6 Å². The molecule has 3 aromatic carbocycles. The number of aryl methyl sites for hydroxylation is 1. The first-order valence-corrected chi connectivity index (χ1v) is 16.4. The van der Waals surface area contributed by atoms with Crippen LogP contribution in [-0.4, -0.2) is 56.3 Å². The van der Waals surface area contributed by atoms with E-state index in [9.17, 15) is 18.0 Å². The average molecular weight is 606 g/mol. The average Bonchev–Trinajstić information content (AvgIpc) is 3.70. The summed E-state index contributed by atoms with van der Waals surface area (Å²) >= 11 is 0. The van der Waals surface area contributed by atoms with Gasteiger partial charge in [-0.15, -0.1) is 0 Å². The summed E-state index contributed by atoms with van der Waals surface area (Å²) in [5.74, 6) is 0.0147. The topological polar surface area (TPSA) is 105 Å². The van der Waals surface area contributed by atoms with E-state index >= 15 is 0 Å². The molecular weight excluding hydrogens is 566 g/mol. The Kier molecular flexibility index (Phi) is 9.55. The standard InChI is InChI=1S/C33H39N3O6S/c1-3-43(39,40)36(28-17-18-30-31(20-28)42-23-41-30)22-32(37)35(21-26-14-8-7-11-24(26)2)29(19-25-12-5-4-6-13-25)33(38)34-27-15-9-10-16-27/h4-8,11-14,17-18,20,27,29H,3,9-10,15-16,19,21-23H2,1-2H3,(H,34,38)/t29-/m1/s1. The second-order valence-electron chi connectivity index (χ2n) is 11.1. The molecule has 1 saturated carbocycles. The third kappa shape index (κ3) is 7.30. The molecule has 43 heavy (non-hydrogen) atoms. The van der Waals surface area contributed by atoms with Gasteiger partial charge in [-0.25, -0.2) is 8.42 Å².